The fraction of sp³-hybridized carbons (Fsp3) is 0.312. The van der Waals surface area contributed by atoms with Gasteiger partial charge in [-0.15, -0.1) is 0 Å². The number of likely N-dealkylation sites (tertiary alicyclic amines) is 1. The minimum Gasteiger partial charge on any atom is -0.385 e. The van der Waals surface area contributed by atoms with Crippen LogP contribution in [0.2, 0.25) is 0 Å². The molecule has 1 aromatic rings. The number of nitrogens with two attached hydrogens (primary N) is 1. The maximum absolute atomic E-state index is 12.9. The molecule has 144 valence electrons. The Morgan fingerprint density at radius 1 is 1.33 bits per heavy atom. The number of hydroxylamine groups is 1. The van der Waals surface area contributed by atoms with Crippen molar-refractivity contribution >= 4 is 11.9 Å². The molecule has 0 bridgehead atoms. The lowest BCUT2D eigenvalue weighted by molar-refractivity contribution is -0.0885. The van der Waals surface area contributed by atoms with E-state index < -0.39 is 17.7 Å². The van der Waals surface area contributed by atoms with E-state index in [9.17, 15) is 18.0 Å². The van der Waals surface area contributed by atoms with Crippen LogP contribution in [-0.4, -0.2) is 57.3 Å². The summed E-state index contributed by atoms with van der Waals surface area (Å²) in [5, 5.41) is 8.57. The Labute approximate surface area is 152 Å². The van der Waals surface area contributed by atoms with E-state index in [0.717, 1.165) is 18.2 Å². The fourth-order valence-corrected chi connectivity index (χ4v) is 3.03. The molecule has 0 spiro atoms. The number of carbonyl (C=O) groups is 1. The quantitative estimate of drug-likeness (QED) is 0.395. The minimum absolute atomic E-state index is 0.0246. The van der Waals surface area contributed by atoms with E-state index in [-0.39, 0.29) is 23.5 Å². The molecule has 8 nitrogen and oxygen atoms in total. The molecule has 27 heavy (non-hydrogen) atoms. The molecule has 3 heterocycles. The highest BCUT2D eigenvalue weighted by molar-refractivity contribution is 5.92. The van der Waals surface area contributed by atoms with Crippen LogP contribution in [0.3, 0.4) is 0 Å². The van der Waals surface area contributed by atoms with E-state index in [1.807, 2.05) is 4.90 Å². The van der Waals surface area contributed by atoms with Crippen molar-refractivity contribution in [3.63, 3.8) is 0 Å². The highest BCUT2D eigenvalue weighted by Crippen LogP contribution is 2.38. The number of aromatic nitrogens is 2. The van der Waals surface area contributed by atoms with Crippen molar-refractivity contribution in [3.8, 4) is 0 Å². The van der Waals surface area contributed by atoms with E-state index in [2.05, 4.69) is 16.5 Å². The molecular formula is C16H17F3N6O2. The van der Waals surface area contributed by atoms with Crippen LogP contribution in [-0.2, 0) is 0 Å². The molecule has 2 saturated heterocycles. The second-order valence-corrected chi connectivity index (χ2v) is 6.08. The van der Waals surface area contributed by atoms with Crippen molar-refractivity contribution in [2.45, 2.75) is 18.3 Å². The molecular weight excluding hydrogens is 365 g/mol. The number of allylic oxidation sites excluding steroid dienone is 4. The number of amides is 1. The first kappa shape index (κ1) is 18.7. The van der Waals surface area contributed by atoms with Gasteiger partial charge in [-0.1, -0.05) is 18.7 Å². The third-order valence-electron chi connectivity index (χ3n) is 4.53. The lowest BCUT2D eigenvalue weighted by atomic mass is 9.86. The maximum atomic E-state index is 12.9. The lowest BCUT2D eigenvalue weighted by Crippen LogP contribution is -2.79. The number of piperazine rings is 1. The van der Waals surface area contributed by atoms with Crippen LogP contribution in [0.25, 0.3) is 0 Å². The van der Waals surface area contributed by atoms with Crippen LogP contribution in [0.5, 0.6) is 0 Å². The van der Waals surface area contributed by atoms with Crippen molar-refractivity contribution in [2.75, 3.05) is 18.0 Å². The molecule has 0 saturated carbocycles. The molecule has 4 N–H and O–H groups in total. The zero-order chi connectivity index (χ0) is 19.8. The van der Waals surface area contributed by atoms with Gasteiger partial charge in [-0.2, -0.15) is 13.2 Å². The van der Waals surface area contributed by atoms with Gasteiger partial charge in [-0.25, -0.2) is 15.4 Å². The summed E-state index contributed by atoms with van der Waals surface area (Å²) in [5.74, 6) is -0.281. The van der Waals surface area contributed by atoms with Gasteiger partial charge in [0.05, 0.1) is 29.0 Å². The first-order valence-corrected chi connectivity index (χ1v) is 7.93. The van der Waals surface area contributed by atoms with Crippen LogP contribution in [0, 0.1) is 0 Å². The molecule has 2 atom stereocenters. The number of rotatable bonds is 5. The van der Waals surface area contributed by atoms with Crippen molar-refractivity contribution in [3.05, 3.63) is 54.2 Å². The molecule has 0 radical (unpaired) electrons. The average molecular weight is 382 g/mol. The lowest BCUT2D eigenvalue weighted by Gasteiger charge is -2.62. The van der Waals surface area contributed by atoms with Crippen LogP contribution in [0.1, 0.15) is 10.4 Å². The summed E-state index contributed by atoms with van der Waals surface area (Å²) in [7, 11) is 0. The second kappa shape index (κ2) is 6.91. The maximum Gasteiger partial charge on any atom is 0.416 e. The molecule has 1 unspecified atom stereocenters. The van der Waals surface area contributed by atoms with Crippen LogP contribution >= 0.6 is 0 Å². The number of nitrogens with zero attached hydrogens (tertiary/aromatic N) is 4. The number of fused-ring (bicyclic) bond motifs is 1. The second-order valence-electron chi connectivity index (χ2n) is 6.08. The van der Waals surface area contributed by atoms with Gasteiger partial charge in [-0.05, 0) is 6.08 Å². The topological polar surface area (TPSA) is 108 Å². The van der Waals surface area contributed by atoms with Gasteiger partial charge in [0.25, 0.3) is 5.91 Å². The SMILES string of the molecule is C=C/C=C(\C=C(/N)N1C[C@H]2C1CN2c1ncc(C(=O)NO)cn1)C(F)(F)F. The summed E-state index contributed by atoms with van der Waals surface area (Å²) < 4.78 is 38.8. The summed E-state index contributed by atoms with van der Waals surface area (Å²) in [4.78, 5) is 23.0. The number of anilines is 1. The van der Waals surface area contributed by atoms with E-state index in [1.165, 1.54) is 17.9 Å². The molecule has 2 aliphatic heterocycles. The van der Waals surface area contributed by atoms with Gasteiger partial charge < -0.3 is 15.5 Å². The summed E-state index contributed by atoms with van der Waals surface area (Å²) in [6, 6.07) is 0.00988. The summed E-state index contributed by atoms with van der Waals surface area (Å²) in [5.41, 5.74) is 6.57. The molecule has 0 aromatic carbocycles. The zero-order valence-corrected chi connectivity index (χ0v) is 14.0. The number of hydrogen-bond donors (Lipinski definition) is 3. The van der Waals surface area contributed by atoms with E-state index in [1.54, 1.807) is 4.90 Å². The van der Waals surface area contributed by atoms with E-state index in [0.29, 0.717) is 19.0 Å². The number of hydrogen-bond acceptors (Lipinski definition) is 7. The molecule has 2 aliphatic rings. The number of halogens is 3. The molecule has 0 aliphatic carbocycles. The Balaban J connectivity index is 1.64. The van der Waals surface area contributed by atoms with Crippen LogP contribution in [0.15, 0.2) is 48.6 Å². The Kier molecular flexibility index (Phi) is 4.79. The van der Waals surface area contributed by atoms with Crippen LogP contribution < -0.4 is 16.1 Å². The average Bonchev–Trinajstić information content (AvgIpc) is 2.61. The highest BCUT2D eigenvalue weighted by atomic mass is 19.4. The summed E-state index contributed by atoms with van der Waals surface area (Å²) >= 11 is 0. The number of carbonyl (C=O) groups excluding carboxylic acids is 1. The summed E-state index contributed by atoms with van der Waals surface area (Å²) in [6.07, 6.45) is 0.886. The monoisotopic (exact) mass is 382 g/mol. The largest absolute Gasteiger partial charge is 0.416 e. The van der Waals surface area contributed by atoms with Crippen molar-refractivity contribution in [1.29, 1.82) is 0 Å². The highest BCUT2D eigenvalue weighted by Gasteiger charge is 2.53. The Bertz CT molecular complexity index is 805. The number of nitrogens with one attached hydrogen (secondary N) is 1. The minimum atomic E-state index is -4.51. The predicted molar refractivity (Wildman–Crippen MR) is 89.5 cm³/mol. The summed E-state index contributed by atoms with van der Waals surface area (Å²) in [6.45, 7) is 4.22. The predicted octanol–water partition coefficient (Wildman–Crippen LogP) is 0.943. The molecule has 1 amide bonds. The third kappa shape index (κ3) is 3.45. The van der Waals surface area contributed by atoms with Gasteiger partial charge in [0.1, 0.15) is 0 Å². The normalized spacial score (nSPS) is 22.5. The Morgan fingerprint density at radius 2 is 2.00 bits per heavy atom. The van der Waals surface area contributed by atoms with Crippen LogP contribution in [0.4, 0.5) is 19.1 Å². The molecule has 11 heteroatoms. The molecule has 3 rings (SSSR count). The third-order valence-corrected chi connectivity index (χ3v) is 4.53. The first-order chi connectivity index (χ1) is 12.8. The first-order valence-electron chi connectivity index (χ1n) is 7.93. The zero-order valence-electron chi connectivity index (χ0n) is 14.0. The van der Waals surface area contributed by atoms with Gasteiger partial charge in [0, 0.05) is 25.5 Å². The van der Waals surface area contributed by atoms with Gasteiger partial charge in [-0.3, -0.25) is 10.0 Å². The van der Waals surface area contributed by atoms with E-state index >= 15 is 0 Å². The Morgan fingerprint density at radius 3 is 2.48 bits per heavy atom. The standard InChI is InChI=1S/C16H17F3N6O2/c1-2-3-10(16(17,18)19)4-13(20)24-7-12-11(24)8-25(12)15-21-5-9(6-22-15)14(26)23-27/h2-6,11-12,27H,1,7-8,20H2,(H,23,26)/b10-3+,13-4+/t11?,12-/m0/s1. The van der Waals surface area contributed by atoms with Crippen molar-refractivity contribution in [1.82, 2.24) is 20.3 Å². The van der Waals surface area contributed by atoms with E-state index in [4.69, 9.17) is 10.9 Å². The van der Waals surface area contributed by atoms with Gasteiger partial charge in [0.2, 0.25) is 5.95 Å². The van der Waals surface area contributed by atoms with Gasteiger partial charge in [0.15, 0.2) is 0 Å². The fourth-order valence-electron chi connectivity index (χ4n) is 3.03. The Hall–Kier alpha value is -3.08. The van der Waals surface area contributed by atoms with Crippen molar-refractivity contribution in [2.24, 2.45) is 5.73 Å². The molecule has 1 aromatic heterocycles. The van der Waals surface area contributed by atoms with Crippen molar-refractivity contribution < 1.29 is 23.2 Å². The molecule has 2 fully saturated rings. The number of alkyl halides is 3. The smallest absolute Gasteiger partial charge is 0.385 e. The van der Waals surface area contributed by atoms with Gasteiger partial charge >= 0.3 is 6.18 Å².